The Morgan fingerprint density at radius 2 is 2.03 bits per heavy atom. The number of hydrogen-bond acceptors (Lipinski definition) is 8. The molecule has 0 spiro atoms. The molecular weight excluding hydrogens is 450 g/mol. The second kappa shape index (κ2) is 10.3. The average Bonchev–Trinajstić information content (AvgIpc) is 3.20. The van der Waals surface area contributed by atoms with Crippen LogP contribution in [-0.4, -0.2) is 58.4 Å². The molecule has 0 bridgehead atoms. The number of carbonyl (C=O) groups excluding carboxylic acids is 2. The highest BCUT2D eigenvalue weighted by Gasteiger charge is 2.41. The fourth-order valence-corrected chi connectivity index (χ4v) is 3.80. The van der Waals surface area contributed by atoms with E-state index < -0.39 is 29.3 Å². The first-order valence-corrected chi connectivity index (χ1v) is 11.1. The SMILES string of the molecule is CCOC(=O)Cc1nc(N(C(=O)OC(C)(C)C)[C@H]2CNC[C@@H]2c2ccccn2)c(=O)[nH]c1Cl. The number of ether oxygens (including phenoxy) is 2. The molecular formula is C22H28ClN5O5. The van der Waals surface area contributed by atoms with E-state index >= 15 is 0 Å². The van der Waals surface area contributed by atoms with E-state index in [1.165, 1.54) is 4.90 Å². The number of amides is 1. The van der Waals surface area contributed by atoms with E-state index in [4.69, 9.17) is 21.1 Å². The predicted octanol–water partition coefficient (Wildman–Crippen LogP) is 2.42. The molecule has 3 rings (SSSR count). The number of halogens is 1. The molecule has 1 aliphatic heterocycles. The van der Waals surface area contributed by atoms with E-state index in [1.54, 1.807) is 40.0 Å². The number of hydrogen-bond donors (Lipinski definition) is 2. The summed E-state index contributed by atoms with van der Waals surface area (Å²) in [6.45, 7) is 8.00. The maximum Gasteiger partial charge on any atom is 0.416 e. The van der Waals surface area contributed by atoms with Gasteiger partial charge in [-0.2, -0.15) is 0 Å². The molecule has 2 N–H and O–H groups in total. The van der Waals surface area contributed by atoms with Gasteiger partial charge in [0, 0.05) is 30.9 Å². The van der Waals surface area contributed by atoms with Crippen LogP contribution in [0, 0.1) is 0 Å². The van der Waals surface area contributed by atoms with Crippen LogP contribution in [0.15, 0.2) is 29.2 Å². The molecule has 1 aliphatic rings. The molecule has 178 valence electrons. The highest BCUT2D eigenvalue weighted by Crippen LogP contribution is 2.29. The second-order valence-electron chi connectivity index (χ2n) is 8.57. The van der Waals surface area contributed by atoms with Gasteiger partial charge in [-0.25, -0.2) is 9.78 Å². The molecule has 0 radical (unpaired) electrons. The van der Waals surface area contributed by atoms with Crippen LogP contribution < -0.4 is 15.8 Å². The summed E-state index contributed by atoms with van der Waals surface area (Å²) in [5.41, 5.74) is -0.628. The molecule has 0 unspecified atom stereocenters. The Hall–Kier alpha value is -2.98. The van der Waals surface area contributed by atoms with Crippen LogP contribution in [0.2, 0.25) is 5.15 Å². The van der Waals surface area contributed by atoms with Gasteiger partial charge in [-0.3, -0.25) is 19.5 Å². The number of aromatic amines is 1. The number of nitrogens with one attached hydrogen (secondary N) is 2. The maximum absolute atomic E-state index is 13.3. The third-order valence-corrected chi connectivity index (χ3v) is 5.25. The molecule has 11 heteroatoms. The summed E-state index contributed by atoms with van der Waals surface area (Å²) in [7, 11) is 0. The predicted molar refractivity (Wildman–Crippen MR) is 123 cm³/mol. The van der Waals surface area contributed by atoms with Crippen molar-refractivity contribution < 1.29 is 19.1 Å². The standard InChI is InChI=1S/C22H28ClN5O5/c1-5-32-17(29)10-15-18(23)27-20(30)19(26-15)28(21(31)33-22(2,3)4)16-12-24-11-13(16)14-8-6-7-9-25-14/h6-9,13,16,24H,5,10-12H2,1-4H3,(H,27,30)/t13-,16+/m1/s1. The number of carbonyl (C=O) groups is 2. The smallest absolute Gasteiger partial charge is 0.416 e. The fraction of sp³-hybridized carbons (Fsp3) is 0.500. The summed E-state index contributed by atoms with van der Waals surface area (Å²) >= 11 is 6.14. The topological polar surface area (TPSA) is 127 Å². The Kier molecular flexibility index (Phi) is 7.70. The molecule has 0 aliphatic carbocycles. The van der Waals surface area contributed by atoms with Crippen LogP contribution in [0.5, 0.6) is 0 Å². The van der Waals surface area contributed by atoms with E-state index in [9.17, 15) is 14.4 Å². The highest BCUT2D eigenvalue weighted by atomic mass is 35.5. The molecule has 1 saturated heterocycles. The van der Waals surface area contributed by atoms with Crippen molar-refractivity contribution in [3.63, 3.8) is 0 Å². The van der Waals surface area contributed by atoms with Crippen molar-refractivity contribution in [2.24, 2.45) is 0 Å². The van der Waals surface area contributed by atoms with Crippen molar-refractivity contribution in [1.29, 1.82) is 0 Å². The summed E-state index contributed by atoms with van der Waals surface area (Å²) in [6.07, 6.45) is 0.679. The van der Waals surface area contributed by atoms with E-state index in [1.807, 2.05) is 12.1 Å². The molecule has 33 heavy (non-hydrogen) atoms. The van der Waals surface area contributed by atoms with Crippen LogP contribution in [0.25, 0.3) is 0 Å². The van der Waals surface area contributed by atoms with Gasteiger partial charge in [0.1, 0.15) is 10.8 Å². The number of rotatable bonds is 6. The van der Waals surface area contributed by atoms with Crippen LogP contribution in [0.4, 0.5) is 10.6 Å². The van der Waals surface area contributed by atoms with Gasteiger partial charge in [0.05, 0.1) is 24.8 Å². The average molecular weight is 478 g/mol. The first kappa shape index (κ1) is 24.7. The van der Waals surface area contributed by atoms with Gasteiger partial charge < -0.3 is 19.8 Å². The number of nitrogens with zero attached hydrogens (tertiary/aromatic N) is 3. The Labute approximate surface area is 196 Å². The lowest BCUT2D eigenvalue weighted by Crippen LogP contribution is -2.49. The molecule has 2 atom stereocenters. The summed E-state index contributed by atoms with van der Waals surface area (Å²) in [5.74, 6) is -0.978. The van der Waals surface area contributed by atoms with E-state index in [0.29, 0.717) is 13.1 Å². The Morgan fingerprint density at radius 3 is 2.67 bits per heavy atom. The van der Waals surface area contributed by atoms with Crippen LogP contribution in [-0.2, 0) is 20.7 Å². The van der Waals surface area contributed by atoms with Gasteiger partial charge in [-0.15, -0.1) is 0 Å². The minimum absolute atomic E-state index is 0.0910. The second-order valence-corrected chi connectivity index (χ2v) is 8.95. The van der Waals surface area contributed by atoms with Crippen molar-refractivity contribution in [1.82, 2.24) is 20.3 Å². The largest absolute Gasteiger partial charge is 0.466 e. The summed E-state index contributed by atoms with van der Waals surface area (Å²) < 4.78 is 10.6. The lowest BCUT2D eigenvalue weighted by Gasteiger charge is -2.32. The Morgan fingerprint density at radius 1 is 1.27 bits per heavy atom. The summed E-state index contributed by atoms with van der Waals surface area (Å²) in [5, 5.41) is 3.16. The normalized spacial score (nSPS) is 18.1. The third kappa shape index (κ3) is 6.08. The van der Waals surface area contributed by atoms with Crippen LogP contribution in [0.1, 0.15) is 45.0 Å². The number of anilines is 1. The van der Waals surface area contributed by atoms with Gasteiger partial charge in [0.15, 0.2) is 0 Å². The first-order valence-electron chi connectivity index (χ1n) is 10.7. The van der Waals surface area contributed by atoms with E-state index in [-0.39, 0.29) is 35.6 Å². The lowest BCUT2D eigenvalue weighted by molar-refractivity contribution is -0.142. The number of esters is 1. The summed E-state index contributed by atoms with van der Waals surface area (Å²) in [6, 6.07) is 5.02. The van der Waals surface area contributed by atoms with Gasteiger partial charge in [0.2, 0.25) is 5.82 Å². The lowest BCUT2D eigenvalue weighted by atomic mass is 9.97. The maximum atomic E-state index is 13.3. The Bertz CT molecular complexity index is 1050. The number of H-pyrrole nitrogens is 1. The highest BCUT2D eigenvalue weighted by molar-refractivity contribution is 6.30. The molecule has 3 heterocycles. The number of pyridine rings is 1. The van der Waals surface area contributed by atoms with Gasteiger partial charge in [-0.05, 0) is 39.8 Å². The first-order chi connectivity index (χ1) is 15.6. The Balaban J connectivity index is 2.07. The molecule has 2 aromatic heterocycles. The van der Waals surface area contributed by atoms with Gasteiger partial charge >= 0.3 is 12.1 Å². The fourth-order valence-electron chi connectivity index (χ4n) is 3.61. The molecule has 1 fully saturated rings. The van der Waals surface area contributed by atoms with Crippen molar-refractivity contribution in [2.45, 2.75) is 51.7 Å². The van der Waals surface area contributed by atoms with Crippen LogP contribution in [0.3, 0.4) is 0 Å². The minimum Gasteiger partial charge on any atom is -0.466 e. The molecule has 10 nitrogen and oxygen atoms in total. The molecule has 0 saturated carbocycles. The number of aromatic nitrogens is 3. The minimum atomic E-state index is -0.811. The van der Waals surface area contributed by atoms with Crippen molar-refractivity contribution in [3.05, 3.63) is 51.3 Å². The van der Waals surface area contributed by atoms with Crippen molar-refractivity contribution >= 4 is 29.5 Å². The van der Waals surface area contributed by atoms with Gasteiger partial charge in [0.25, 0.3) is 5.56 Å². The molecule has 0 aromatic carbocycles. The van der Waals surface area contributed by atoms with E-state index in [0.717, 1.165) is 5.69 Å². The summed E-state index contributed by atoms with van der Waals surface area (Å²) in [4.78, 5) is 50.7. The molecule has 2 aromatic rings. The zero-order valence-electron chi connectivity index (χ0n) is 19.1. The van der Waals surface area contributed by atoms with Crippen LogP contribution >= 0.6 is 11.6 Å². The third-order valence-electron chi connectivity index (χ3n) is 4.94. The van der Waals surface area contributed by atoms with E-state index in [2.05, 4.69) is 20.3 Å². The van der Waals surface area contributed by atoms with Crippen molar-refractivity contribution in [2.75, 3.05) is 24.6 Å². The van der Waals surface area contributed by atoms with Gasteiger partial charge in [-0.1, -0.05) is 17.7 Å². The molecule has 1 amide bonds. The monoisotopic (exact) mass is 477 g/mol. The quantitative estimate of drug-likeness (QED) is 0.607. The van der Waals surface area contributed by atoms with Crippen molar-refractivity contribution in [3.8, 4) is 0 Å². The zero-order chi connectivity index (χ0) is 24.2. The zero-order valence-corrected chi connectivity index (χ0v) is 19.8.